The Bertz CT molecular complexity index is 490. The van der Waals surface area contributed by atoms with Crippen molar-refractivity contribution in [3.63, 3.8) is 0 Å². The Hall–Kier alpha value is -1.16. The smallest absolute Gasteiger partial charge is 0.451 e. The van der Waals surface area contributed by atoms with Gasteiger partial charge in [0.05, 0.1) is 12.1 Å². The van der Waals surface area contributed by atoms with Crippen LogP contribution >= 0.6 is 0 Å². The Morgan fingerprint density at radius 3 is 2.62 bits per heavy atom. The van der Waals surface area contributed by atoms with Gasteiger partial charge in [-0.05, 0) is 25.1 Å². The van der Waals surface area contributed by atoms with Crippen molar-refractivity contribution in [1.82, 2.24) is 10.2 Å². The average Bonchev–Trinajstić information content (AvgIpc) is 3.01. The average molecular weight is 341 g/mol. The van der Waals surface area contributed by atoms with E-state index in [1.165, 1.54) is 0 Å². The maximum absolute atomic E-state index is 12.7. The highest BCUT2D eigenvalue weighted by atomic mass is 16.4. The van der Waals surface area contributed by atoms with Crippen molar-refractivity contribution >= 4 is 19.0 Å². The van der Waals surface area contributed by atoms with Crippen LogP contribution in [0.2, 0.25) is 6.32 Å². The van der Waals surface area contributed by atoms with Crippen molar-refractivity contribution in [2.24, 2.45) is 17.1 Å². The predicted molar refractivity (Wildman–Crippen MR) is 89.0 cm³/mol. The number of hydrogen-bond acceptors (Lipinski definition) is 6. The third kappa shape index (κ3) is 3.44. The summed E-state index contributed by atoms with van der Waals surface area (Å²) in [6.45, 7) is 4.70. The molecule has 6 N–H and O–H groups in total. The molecule has 0 spiro atoms. The van der Waals surface area contributed by atoms with Gasteiger partial charge in [-0.2, -0.15) is 0 Å². The topological polar surface area (TPSA) is 136 Å². The van der Waals surface area contributed by atoms with E-state index in [4.69, 9.17) is 15.8 Å². The molecule has 2 aliphatic heterocycles. The lowest BCUT2D eigenvalue weighted by Crippen LogP contribution is -2.52. The van der Waals surface area contributed by atoms with E-state index < -0.39 is 30.6 Å². The van der Waals surface area contributed by atoms with Gasteiger partial charge in [-0.1, -0.05) is 20.3 Å². The van der Waals surface area contributed by atoms with E-state index in [2.05, 4.69) is 5.32 Å². The van der Waals surface area contributed by atoms with Crippen molar-refractivity contribution in [3.8, 4) is 0 Å². The van der Waals surface area contributed by atoms with E-state index >= 15 is 0 Å². The zero-order chi connectivity index (χ0) is 18.1. The Balaban J connectivity index is 2.19. The fourth-order valence-corrected chi connectivity index (χ4v) is 4.17. The number of fused-ring (bicyclic) bond motifs is 1. The van der Waals surface area contributed by atoms with E-state index in [0.29, 0.717) is 32.4 Å². The predicted octanol–water partition coefficient (Wildman–Crippen LogP) is -1.13. The van der Waals surface area contributed by atoms with Gasteiger partial charge in [0.1, 0.15) is 6.04 Å². The second-order valence-electron chi connectivity index (χ2n) is 7.35. The van der Waals surface area contributed by atoms with E-state index in [9.17, 15) is 14.7 Å². The minimum absolute atomic E-state index is 0.0154. The van der Waals surface area contributed by atoms with Crippen molar-refractivity contribution in [1.29, 1.82) is 0 Å². The number of nitrogens with zero attached hydrogens (tertiary/aromatic N) is 1. The van der Waals surface area contributed by atoms with Crippen LogP contribution in [0.3, 0.4) is 0 Å². The molecule has 0 aromatic heterocycles. The van der Waals surface area contributed by atoms with Crippen LogP contribution < -0.4 is 11.1 Å². The lowest BCUT2D eigenvalue weighted by Gasteiger charge is -2.35. The zero-order valence-electron chi connectivity index (χ0n) is 14.3. The molecule has 136 valence electrons. The number of nitrogens with one attached hydrogen (secondary N) is 1. The molecule has 24 heavy (non-hydrogen) atoms. The Morgan fingerprint density at radius 1 is 1.42 bits per heavy atom. The summed E-state index contributed by atoms with van der Waals surface area (Å²) in [4.78, 5) is 26.1. The number of aliphatic carboxylic acids is 1. The second-order valence-corrected chi connectivity index (χ2v) is 7.35. The van der Waals surface area contributed by atoms with Gasteiger partial charge in [0.2, 0.25) is 5.91 Å². The van der Waals surface area contributed by atoms with Crippen LogP contribution in [0.4, 0.5) is 0 Å². The van der Waals surface area contributed by atoms with Crippen LogP contribution in [0.25, 0.3) is 0 Å². The standard InChI is InChI=1S/C15H28BN3O5/c1-9(2)11(17)13(20)19-7-5-15(4-3-6-16(23)24)10(19)8-18-12(15)14(21)22/h9-12,18,23-24H,3-8,17H2,1-2H3,(H,21,22)/t10-,11?,12+,15-/m0/s1. The number of likely N-dealkylation sites (tertiary alicyclic amines) is 1. The van der Waals surface area contributed by atoms with Gasteiger partial charge in [-0.15, -0.1) is 0 Å². The first-order valence-electron chi connectivity index (χ1n) is 8.59. The molecule has 1 unspecified atom stereocenters. The zero-order valence-corrected chi connectivity index (χ0v) is 14.3. The van der Waals surface area contributed by atoms with Crippen LogP contribution in [0.1, 0.15) is 33.1 Å². The van der Waals surface area contributed by atoms with Gasteiger partial charge in [-0.25, -0.2) is 0 Å². The SMILES string of the molecule is CC(C)C(N)C(=O)N1CC[C@]2(CCCB(O)O)[C@@H](C(=O)O)NC[C@H]12. The number of carboxylic acids is 1. The minimum atomic E-state index is -1.40. The van der Waals surface area contributed by atoms with Gasteiger partial charge in [0.25, 0.3) is 0 Å². The normalized spacial score (nSPS) is 30.5. The first-order chi connectivity index (χ1) is 11.2. The van der Waals surface area contributed by atoms with Gasteiger partial charge < -0.3 is 31.1 Å². The molecular weight excluding hydrogens is 313 g/mol. The Kier molecular flexibility index (Phi) is 5.90. The molecule has 4 atom stereocenters. The van der Waals surface area contributed by atoms with Crippen molar-refractivity contribution in [2.75, 3.05) is 13.1 Å². The molecule has 2 saturated heterocycles. The molecule has 9 heteroatoms. The number of carboxylic acid groups (broad SMARTS) is 1. The highest BCUT2D eigenvalue weighted by molar-refractivity contribution is 6.40. The van der Waals surface area contributed by atoms with Crippen LogP contribution in [0.15, 0.2) is 0 Å². The summed E-state index contributed by atoms with van der Waals surface area (Å²) >= 11 is 0. The summed E-state index contributed by atoms with van der Waals surface area (Å²) in [5, 5.41) is 30.7. The van der Waals surface area contributed by atoms with Crippen molar-refractivity contribution in [3.05, 3.63) is 0 Å². The monoisotopic (exact) mass is 341 g/mol. The summed E-state index contributed by atoms with van der Waals surface area (Å²) in [6.07, 6.45) is 1.80. The van der Waals surface area contributed by atoms with Crippen LogP contribution in [-0.4, -0.2) is 70.3 Å². The van der Waals surface area contributed by atoms with Crippen LogP contribution in [0.5, 0.6) is 0 Å². The number of amides is 1. The fraction of sp³-hybridized carbons (Fsp3) is 0.867. The fourth-order valence-electron chi connectivity index (χ4n) is 4.17. The first-order valence-corrected chi connectivity index (χ1v) is 8.59. The largest absolute Gasteiger partial charge is 0.480 e. The highest BCUT2D eigenvalue weighted by Gasteiger charge is 2.59. The third-order valence-corrected chi connectivity index (χ3v) is 5.59. The lowest BCUT2D eigenvalue weighted by atomic mass is 9.70. The van der Waals surface area contributed by atoms with E-state index in [1.54, 1.807) is 4.90 Å². The minimum Gasteiger partial charge on any atom is -0.480 e. The van der Waals surface area contributed by atoms with E-state index in [-0.39, 0.29) is 24.2 Å². The van der Waals surface area contributed by atoms with E-state index in [1.807, 2.05) is 13.8 Å². The molecule has 0 aliphatic carbocycles. The number of carbonyl (C=O) groups excluding carboxylic acids is 1. The quantitative estimate of drug-likeness (QED) is 0.370. The number of carbonyl (C=O) groups is 2. The highest BCUT2D eigenvalue weighted by Crippen LogP contribution is 2.47. The Labute approximate surface area is 142 Å². The maximum Gasteiger partial charge on any atom is 0.451 e. The molecule has 0 aromatic rings. The molecule has 2 aliphatic rings. The van der Waals surface area contributed by atoms with Crippen LogP contribution in [-0.2, 0) is 9.59 Å². The summed E-state index contributed by atoms with van der Waals surface area (Å²) in [5.41, 5.74) is 5.43. The first kappa shape index (κ1) is 19.2. The molecular formula is C15H28BN3O5. The number of nitrogens with two attached hydrogens (primary N) is 1. The summed E-state index contributed by atoms with van der Waals surface area (Å²) in [6, 6.07) is -1.54. The van der Waals surface area contributed by atoms with Crippen molar-refractivity contribution in [2.45, 2.75) is 57.6 Å². The van der Waals surface area contributed by atoms with Gasteiger partial charge in [0.15, 0.2) is 0 Å². The van der Waals surface area contributed by atoms with Gasteiger partial charge in [0, 0.05) is 18.5 Å². The second kappa shape index (κ2) is 7.39. The summed E-state index contributed by atoms with van der Waals surface area (Å²) in [7, 11) is -1.40. The number of hydrogen-bond donors (Lipinski definition) is 5. The molecule has 2 rings (SSSR count). The molecule has 8 nitrogen and oxygen atoms in total. The maximum atomic E-state index is 12.7. The lowest BCUT2D eigenvalue weighted by molar-refractivity contribution is -0.143. The van der Waals surface area contributed by atoms with Crippen LogP contribution in [0, 0.1) is 11.3 Å². The molecule has 0 saturated carbocycles. The van der Waals surface area contributed by atoms with E-state index in [0.717, 1.165) is 0 Å². The molecule has 1 amide bonds. The van der Waals surface area contributed by atoms with Crippen molar-refractivity contribution < 1.29 is 24.7 Å². The molecule has 2 heterocycles. The molecule has 0 radical (unpaired) electrons. The summed E-state index contributed by atoms with van der Waals surface area (Å²) < 4.78 is 0. The molecule has 2 fully saturated rings. The number of rotatable bonds is 7. The molecule has 0 bridgehead atoms. The summed E-state index contributed by atoms with van der Waals surface area (Å²) in [5.74, 6) is -1.04. The Morgan fingerprint density at radius 2 is 2.08 bits per heavy atom. The third-order valence-electron chi connectivity index (χ3n) is 5.59. The molecule has 0 aromatic carbocycles. The van der Waals surface area contributed by atoms with Gasteiger partial charge in [-0.3, -0.25) is 9.59 Å². The van der Waals surface area contributed by atoms with Gasteiger partial charge >= 0.3 is 13.1 Å².